The van der Waals surface area contributed by atoms with Crippen LogP contribution in [-0.2, 0) is 12.0 Å². The molecule has 4 fully saturated rings. The Hall–Kier alpha value is -0.830. The SMILES string of the molecule is CC(CN)Cc1cnn(C23CC4CC(CC(C4)C2)C3)c1. The molecule has 4 saturated carbocycles. The van der Waals surface area contributed by atoms with Crippen LogP contribution < -0.4 is 5.73 Å². The second kappa shape index (κ2) is 4.59. The summed E-state index contributed by atoms with van der Waals surface area (Å²) in [5.41, 5.74) is 7.49. The molecule has 1 heterocycles. The number of hydrogen-bond donors (Lipinski definition) is 1. The summed E-state index contributed by atoms with van der Waals surface area (Å²) in [6.07, 6.45) is 14.1. The molecular weight excluding hydrogens is 246 g/mol. The molecule has 3 heteroatoms. The average molecular weight is 273 g/mol. The van der Waals surface area contributed by atoms with E-state index in [1.165, 1.54) is 44.1 Å². The van der Waals surface area contributed by atoms with Gasteiger partial charge in [-0.3, -0.25) is 4.68 Å². The lowest BCUT2D eigenvalue weighted by Crippen LogP contribution is -2.52. The molecule has 20 heavy (non-hydrogen) atoms. The zero-order valence-electron chi connectivity index (χ0n) is 12.6. The molecule has 4 aliphatic carbocycles. The van der Waals surface area contributed by atoms with Crippen molar-refractivity contribution in [2.24, 2.45) is 29.4 Å². The second-order valence-electron chi connectivity index (χ2n) is 7.98. The van der Waals surface area contributed by atoms with Crippen molar-refractivity contribution >= 4 is 0 Å². The summed E-state index contributed by atoms with van der Waals surface area (Å²) in [6.45, 7) is 2.99. The average Bonchev–Trinajstić information content (AvgIpc) is 2.86. The molecule has 0 radical (unpaired) electrons. The Balaban J connectivity index is 1.58. The normalized spacial score (nSPS) is 40.2. The van der Waals surface area contributed by atoms with Crippen molar-refractivity contribution in [1.29, 1.82) is 0 Å². The first-order chi connectivity index (χ1) is 9.67. The summed E-state index contributed by atoms with van der Waals surface area (Å²) >= 11 is 0. The first-order valence-electron chi connectivity index (χ1n) is 8.41. The highest BCUT2D eigenvalue weighted by molar-refractivity contribution is 5.11. The van der Waals surface area contributed by atoms with Crippen molar-refractivity contribution < 1.29 is 0 Å². The summed E-state index contributed by atoms with van der Waals surface area (Å²) in [4.78, 5) is 0. The quantitative estimate of drug-likeness (QED) is 0.916. The maximum absolute atomic E-state index is 5.75. The number of hydrogen-bond acceptors (Lipinski definition) is 2. The highest BCUT2D eigenvalue weighted by Gasteiger charge is 2.52. The highest BCUT2D eigenvalue weighted by Crippen LogP contribution is 2.58. The summed E-state index contributed by atoms with van der Waals surface area (Å²) in [5, 5.41) is 4.77. The fraction of sp³-hybridized carbons (Fsp3) is 0.824. The van der Waals surface area contributed by atoms with Gasteiger partial charge in [0.15, 0.2) is 0 Å². The van der Waals surface area contributed by atoms with Crippen LogP contribution in [0.25, 0.3) is 0 Å². The molecule has 5 rings (SSSR count). The van der Waals surface area contributed by atoms with Gasteiger partial charge in [-0.1, -0.05) is 6.92 Å². The maximum Gasteiger partial charge on any atom is 0.0635 e. The van der Waals surface area contributed by atoms with Gasteiger partial charge in [-0.15, -0.1) is 0 Å². The van der Waals surface area contributed by atoms with Gasteiger partial charge in [-0.05, 0) is 80.7 Å². The van der Waals surface area contributed by atoms with Crippen molar-refractivity contribution in [3.63, 3.8) is 0 Å². The molecule has 0 spiro atoms. The lowest BCUT2D eigenvalue weighted by molar-refractivity contribution is -0.0494. The van der Waals surface area contributed by atoms with Gasteiger partial charge in [0.25, 0.3) is 0 Å². The van der Waals surface area contributed by atoms with Crippen molar-refractivity contribution in [3.8, 4) is 0 Å². The van der Waals surface area contributed by atoms with E-state index in [-0.39, 0.29) is 0 Å². The molecule has 1 unspecified atom stereocenters. The third-order valence-electron chi connectivity index (χ3n) is 6.11. The van der Waals surface area contributed by atoms with E-state index in [1.807, 2.05) is 0 Å². The number of rotatable bonds is 4. The monoisotopic (exact) mass is 273 g/mol. The molecule has 0 aliphatic heterocycles. The Morgan fingerprint density at radius 1 is 1.25 bits per heavy atom. The van der Waals surface area contributed by atoms with Gasteiger partial charge in [-0.2, -0.15) is 5.10 Å². The minimum absolute atomic E-state index is 0.374. The zero-order chi connectivity index (χ0) is 13.7. The Labute approximate surface area is 121 Å². The predicted molar refractivity (Wildman–Crippen MR) is 80.3 cm³/mol. The smallest absolute Gasteiger partial charge is 0.0635 e. The molecule has 2 N–H and O–H groups in total. The second-order valence-corrected chi connectivity index (χ2v) is 7.98. The third kappa shape index (κ3) is 2.02. The molecule has 0 amide bonds. The van der Waals surface area contributed by atoms with Crippen LogP contribution >= 0.6 is 0 Å². The molecule has 110 valence electrons. The molecule has 0 aromatic carbocycles. The summed E-state index contributed by atoms with van der Waals surface area (Å²) in [7, 11) is 0. The van der Waals surface area contributed by atoms with Gasteiger partial charge in [0.05, 0.1) is 11.7 Å². The van der Waals surface area contributed by atoms with Crippen LogP contribution in [0.1, 0.15) is 51.0 Å². The van der Waals surface area contributed by atoms with Crippen molar-refractivity contribution in [1.82, 2.24) is 9.78 Å². The first kappa shape index (κ1) is 12.9. The topological polar surface area (TPSA) is 43.8 Å². The van der Waals surface area contributed by atoms with Crippen LogP contribution in [0.5, 0.6) is 0 Å². The fourth-order valence-electron chi connectivity index (χ4n) is 5.56. The van der Waals surface area contributed by atoms with Crippen molar-refractivity contribution in [2.75, 3.05) is 6.54 Å². The Bertz CT molecular complexity index is 455. The van der Waals surface area contributed by atoms with Gasteiger partial charge >= 0.3 is 0 Å². The molecule has 1 aromatic rings. The summed E-state index contributed by atoms with van der Waals surface area (Å²) in [5.74, 6) is 3.51. The molecule has 4 bridgehead atoms. The molecule has 3 nitrogen and oxygen atoms in total. The molecular formula is C17H27N3. The molecule has 0 saturated heterocycles. The Morgan fingerprint density at radius 3 is 2.40 bits per heavy atom. The summed E-state index contributed by atoms with van der Waals surface area (Å²) in [6, 6.07) is 0. The summed E-state index contributed by atoms with van der Waals surface area (Å²) < 4.78 is 2.36. The van der Waals surface area contributed by atoms with E-state index in [2.05, 4.69) is 24.0 Å². The molecule has 4 aliphatic rings. The van der Waals surface area contributed by atoms with E-state index in [0.717, 1.165) is 30.7 Å². The Morgan fingerprint density at radius 2 is 1.85 bits per heavy atom. The molecule has 1 aromatic heterocycles. The first-order valence-corrected chi connectivity index (χ1v) is 8.41. The number of nitrogens with two attached hydrogens (primary N) is 1. The van der Waals surface area contributed by atoms with Crippen LogP contribution in [0.15, 0.2) is 12.4 Å². The fourth-order valence-corrected chi connectivity index (χ4v) is 5.56. The maximum atomic E-state index is 5.75. The van der Waals surface area contributed by atoms with E-state index < -0.39 is 0 Å². The van der Waals surface area contributed by atoms with E-state index in [4.69, 9.17) is 10.8 Å². The van der Waals surface area contributed by atoms with Gasteiger partial charge in [0.1, 0.15) is 0 Å². The lowest BCUT2D eigenvalue weighted by atomic mass is 9.53. The van der Waals surface area contributed by atoms with Crippen LogP contribution in [0, 0.1) is 23.7 Å². The predicted octanol–water partition coefficient (Wildman–Crippen LogP) is 2.95. The van der Waals surface area contributed by atoms with E-state index in [0.29, 0.717) is 11.5 Å². The minimum Gasteiger partial charge on any atom is -0.330 e. The van der Waals surface area contributed by atoms with E-state index in [9.17, 15) is 0 Å². The Kier molecular flexibility index (Phi) is 2.95. The van der Waals surface area contributed by atoms with Gasteiger partial charge in [0, 0.05) is 6.20 Å². The van der Waals surface area contributed by atoms with E-state index in [1.54, 1.807) is 0 Å². The van der Waals surface area contributed by atoms with Crippen LogP contribution in [-0.4, -0.2) is 16.3 Å². The van der Waals surface area contributed by atoms with Crippen molar-refractivity contribution in [2.45, 2.75) is 57.4 Å². The van der Waals surface area contributed by atoms with Gasteiger partial charge < -0.3 is 5.73 Å². The third-order valence-corrected chi connectivity index (χ3v) is 6.11. The largest absolute Gasteiger partial charge is 0.330 e. The lowest BCUT2D eigenvalue weighted by Gasteiger charge is -2.56. The standard InChI is InChI=1S/C17H27N3/c1-12(9-18)2-16-10-19-20(11-16)17-6-13-3-14(7-17)5-15(4-13)8-17/h10-15H,2-9,18H2,1H3. The highest BCUT2D eigenvalue weighted by atomic mass is 15.3. The van der Waals surface area contributed by atoms with Crippen molar-refractivity contribution in [3.05, 3.63) is 18.0 Å². The molecule has 1 atom stereocenters. The van der Waals surface area contributed by atoms with Crippen LogP contribution in [0.3, 0.4) is 0 Å². The minimum atomic E-state index is 0.374. The van der Waals surface area contributed by atoms with Gasteiger partial charge in [0.2, 0.25) is 0 Å². The van der Waals surface area contributed by atoms with E-state index >= 15 is 0 Å². The zero-order valence-corrected chi connectivity index (χ0v) is 12.6. The van der Waals surface area contributed by atoms with Gasteiger partial charge in [-0.25, -0.2) is 0 Å². The number of nitrogens with zero attached hydrogens (tertiary/aromatic N) is 2. The number of aromatic nitrogens is 2. The van der Waals surface area contributed by atoms with Crippen LogP contribution in [0.2, 0.25) is 0 Å². The van der Waals surface area contributed by atoms with Crippen LogP contribution in [0.4, 0.5) is 0 Å².